The maximum absolute atomic E-state index is 6.02. The predicted molar refractivity (Wildman–Crippen MR) is 69.4 cm³/mol. The second-order valence-corrected chi connectivity index (χ2v) is 5.35. The molecule has 1 fully saturated rings. The Morgan fingerprint density at radius 2 is 2.18 bits per heavy atom. The van der Waals surface area contributed by atoms with Crippen LogP contribution in [-0.4, -0.2) is 19.2 Å². The summed E-state index contributed by atoms with van der Waals surface area (Å²) < 4.78 is 6.02. The molecule has 0 aromatic heterocycles. The van der Waals surface area contributed by atoms with Crippen LogP contribution in [0.15, 0.2) is 24.3 Å². The van der Waals surface area contributed by atoms with Crippen molar-refractivity contribution in [3.8, 4) is 5.75 Å². The second-order valence-electron chi connectivity index (χ2n) is 5.35. The van der Waals surface area contributed by atoms with E-state index in [2.05, 4.69) is 29.6 Å². The van der Waals surface area contributed by atoms with Gasteiger partial charge in [0.05, 0.1) is 0 Å². The van der Waals surface area contributed by atoms with Crippen LogP contribution in [0, 0.1) is 5.92 Å². The first-order valence-corrected chi connectivity index (χ1v) is 6.87. The second kappa shape index (κ2) is 5.09. The lowest BCUT2D eigenvalue weighted by atomic mass is 9.94. The number of hydrogen-bond acceptors (Lipinski definition) is 2. The van der Waals surface area contributed by atoms with Crippen LogP contribution in [0.25, 0.3) is 0 Å². The number of hydrogen-bond donors (Lipinski definition) is 1. The van der Waals surface area contributed by atoms with E-state index >= 15 is 0 Å². The van der Waals surface area contributed by atoms with E-state index in [1.165, 1.54) is 44.3 Å². The molecule has 0 radical (unpaired) electrons. The molecule has 0 amide bonds. The molecular formula is C15H21NO. The van der Waals surface area contributed by atoms with Crippen molar-refractivity contribution in [2.75, 3.05) is 13.1 Å². The topological polar surface area (TPSA) is 21.3 Å². The van der Waals surface area contributed by atoms with Gasteiger partial charge >= 0.3 is 0 Å². The Hall–Kier alpha value is -1.02. The lowest BCUT2D eigenvalue weighted by Gasteiger charge is -2.18. The maximum atomic E-state index is 6.02. The summed E-state index contributed by atoms with van der Waals surface area (Å²) in [6, 6.07) is 8.47. The zero-order chi connectivity index (χ0) is 11.5. The lowest BCUT2D eigenvalue weighted by molar-refractivity contribution is 0.190. The molecule has 0 saturated carbocycles. The third-order valence-corrected chi connectivity index (χ3v) is 3.96. The highest BCUT2D eigenvalue weighted by Crippen LogP contribution is 2.31. The first-order valence-electron chi connectivity index (χ1n) is 6.87. The van der Waals surface area contributed by atoms with E-state index < -0.39 is 0 Å². The van der Waals surface area contributed by atoms with Gasteiger partial charge in [-0.1, -0.05) is 24.6 Å². The van der Waals surface area contributed by atoms with Crippen molar-refractivity contribution in [3.63, 3.8) is 0 Å². The van der Waals surface area contributed by atoms with Crippen LogP contribution in [0.2, 0.25) is 0 Å². The number of para-hydroxylation sites is 1. The van der Waals surface area contributed by atoms with Gasteiger partial charge in [-0.25, -0.2) is 0 Å². The first-order chi connectivity index (χ1) is 8.42. The molecule has 2 heteroatoms. The molecule has 1 N–H and O–H groups in total. The van der Waals surface area contributed by atoms with Crippen LogP contribution < -0.4 is 10.1 Å². The molecule has 2 heterocycles. The fourth-order valence-electron chi connectivity index (χ4n) is 3.05. The molecule has 1 aromatic rings. The Labute approximate surface area is 103 Å². The molecule has 1 aromatic carbocycles. The van der Waals surface area contributed by atoms with Gasteiger partial charge < -0.3 is 10.1 Å². The van der Waals surface area contributed by atoms with Crippen LogP contribution in [0.4, 0.5) is 0 Å². The molecule has 1 saturated heterocycles. The first kappa shape index (κ1) is 11.1. The molecule has 92 valence electrons. The average Bonchev–Trinajstić information content (AvgIpc) is 2.57. The summed E-state index contributed by atoms with van der Waals surface area (Å²) >= 11 is 0. The highest BCUT2D eigenvalue weighted by atomic mass is 16.5. The quantitative estimate of drug-likeness (QED) is 0.845. The molecule has 2 nitrogen and oxygen atoms in total. The van der Waals surface area contributed by atoms with E-state index in [1.807, 2.05) is 0 Å². The van der Waals surface area contributed by atoms with Crippen LogP contribution in [0.1, 0.15) is 31.2 Å². The third-order valence-electron chi connectivity index (χ3n) is 3.96. The van der Waals surface area contributed by atoms with Gasteiger partial charge in [-0.3, -0.25) is 0 Å². The van der Waals surface area contributed by atoms with E-state index in [-0.39, 0.29) is 0 Å². The van der Waals surface area contributed by atoms with E-state index in [1.54, 1.807) is 0 Å². The molecule has 17 heavy (non-hydrogen) atoms. The SMILES string of the molecule is c1ccc2c(c1)CC(CC1CCCCNC1)O2. The third kappa shape index (κ3) is 2.63. The van der Waals surface area contributed by atoms with Gasteiger partial charge in [0, 0.05) is 6.42 Å². The number of ether oxygens (including phenoxy) is 1. The summed E-state index contributed by atoms with van der Waals surface area (Å²) in [7, 11) is 0. The number of fused-ring (bicyclic) bond motifs is 1. The zero-order valence-corrected chi connectivity index (χ0v) is 10.3. The fourth-order valence-corrected chi connectivity index (χ4v) is 3.05. The van der Waals surface area contributed by atoms with Gasteiger partial charge in [0.25, 0.3) is 0 Å². The van der Waals surface area contributed by atoms with Gasteiger partial charge in [-0.15, -0.1) is 0 Å². The zero-order valence-electron chi connectivity index (χ0n) is 10.3. The normalized spacial score (nSPS) is 28.2. The molecule has 2 unspecified atom stereocenters. The van der Waals surface area contributed by atoms with Crippen molar-refractivity contribution in [1.29, 1.82) is 0 Å². The van der Waals surface area contributed by atoms with Crippen LogP contribution in [0.5, 0.6) is 5.75 Å². The fraction of sp³-hybridized carbons (Fsp3) is 0.600. The van der Waals surface area contributed by atoms with Gasteiger partial charge in [0.2, 0.25) is 0 Å². The molecule has 2 aliphatic rings. The minimum absolute atomic E-state index is 0.414. The minimum Gasteiger partial charge on any atom is -0.490 e. The highest BCUT2D eigenvalue weighted by Gasteiger charge is 2.25. The van der Waals surface area contributed by atoms with Gasteiger partial charge in [0.1, 0.15) is 11.9 Å². The van der Waals surface area contributed by atoms with Crippen molar-refractivity contribution >= 4 is 0 Å². The molecule has 0 bridgehead atoms. The number of rotatable bonds is 2. The van der Waals surface area contributed by atoms with Gasteiger partial charge in [0.15, 0.2) is 0 Å². The smallest absolute Gasteiger partial charge is 0.123 e. The molecule has 0 spiro atoms. The van der Waals surface area contributed by atoms with E-state index in [9.17, 15) is 0 Å². The molecule has 3 rings (SSSR count). The largest absolute Gasteiger partial charge is 0.490 e. The number of benzene rings is 1. The van der Waals surface area contributed by atoms with Crippen LogP contribution in [-0.2, 0) is 6.42 Å². The van der Waals surface area contributed by atoms with Crippen molar-refractivity contribution in [2.24, 2.45) is 5.92 Å². The molecular weight excluding hydrogens is 210 g/mol. The Morgan fingerprint density at radius 3 is 3.12 bits per heavy atom. The maximum Gasteiger partial charge on any atom is 0.123 e. The Balaban J connectivity index is 1.57. The average molecular weight is 231 g/mol. The summed E-state index contributed by atoms with van der Waals surface area (Å²) in [5.74, 6) is 1.91. The van der Waals surface area contributed by atoms with E-state index in [4.69, 9.17) is 4.74 Å². The van der Waals surface area contributed by atoms with Crippen molar-refractivity contribution in [2.45, 2.75) is 38.2 Å². The summed E-state index contributed by atoms with van der Waals surface area (Å²) in [5.41, 5.74) is 1.39. The summed E-state index contributed by atoms with van der Waals surface area (Å²) in [5, 5.41) is 3.54. The van der Waals surface area contributed by atoms with Crippen molar-refractivity contribution in [1.82, 2.24) is 5.32 Å². The minimum atomic E-state index is 0.414. The lowest BCUT2D eigenvalue weighted by Crippen LogP contribution is -2.25. The summed E-state index contributed by atoms with van der Waals surface area (Å²) in [6.45, 7) is 2.37. The molecule has 0 aliphatic carbocycles. The van der Waals surface area contributed by atoms with Crippen molar-refractivity contribution < 1.29 is 4.74 Å². The monoisotopic (exact) mass is 231 g/mol. The van der Waals surface area contributed by atoms with Gasteiger partial charge in [-0.05, 0) is 49.9 Å². The Bertz CT molecular complexity index is 344. The van der Waals surface area contributed by atoms with Crippen LogP contribution in [0.3, 0.4) is 0 Å². The molecule has 2 atom stereocenters. The molecule has 2 aliphatic heterocycles. The van der Waals surface area contributed by atoms with E-state index in [0.717, 1.165) is 18.1 Å². The Morgan fingerprint density at radius 1 is 1.24 bits per heavy atom. The van der Waals surface area contributed by atoms with Crippen LogP contribution >= 0.6 is 0 Å². The van der Waals surface area contributed by atoms with Gasteiger partial charge in [-0.2, -0.15) is 0 Å². The summed E-state index contributed by atoms with van der Waals surface area (Å²) in [6.07, 6.45) is 6.80. The summed E-state index contributed by atoms with van der Waals surface area (Å²) in [4.78, 5) is 0. The van der Waals surface area contributed by atoms with E-state index in [0.29, 0.717) is 6.10 Å². The highest BCUT2D eigenvalue weighted by molar-refractivity contribution is 5.37. The standard InChI is InChI=1S/C15H21NO/c1-2-7-15-13(6-1)10-14(17-15)9-12-5-3-4-8-16-11-12/h1-2,6-7,12,14,16H,3-5,8-11H2. The predicted octanol–water partition coefficient (Wildman–Crippen LogP) is 2.77. The number of nitrogens with one attached hydrogen (secondary N) is 1. The van der Waals surface area contributed by atoms with Crippen molar-refractivity contribution in [3.05, 3.63) is 29.8 Å². The Kier molecular flexibility index (Phi) is 3.32.